The molecule has 0 unspecified atom stereocenters. The Morgan fingerprint density at radius 2 is 2.20 bits per heavy atom. The van der Waals surface area contributed by atoms with Gasteiger partial charge in [-0.05, 0) is 9.91 Å². The number of nitro groups is 1. The van der Waals surface area contributed by atoms with E-state index in [2.05, 4.69) is 4.98 Å². The average Bonchev–Trinajstić information content (AvgIpc) is 2.17. The zero-order valence-corrected chi connectivity index (χ0v) is 7.05. The highest BCUT2D eigenvalue weighted by atomic mass is 19.3. The van der Waals surface area contributed by atoms with Crippen LogP contribution >= 0.6 is 0 Å². The number of hydrogen-bond donors (Lipinski definition) is 1. The van der Waals surface area contributed by atoms with Crippen molar-refractivity contribution in [1.29, 1.82) is 0 Å². The average molecular weight is 218 g/mol. The minimum atomic E-state index is -3.05. The normalized spacial score (nSPS) is 10.3. The molecule has 1 aromatic heterocycles. The van der Waals surface area contributed by atoms with Crippen molar-refractivity contribution in [3.8, 4) is 5.75 Å². The van der Waals surface area contributed by atoms with Crippen LogP contribution in [0, 0.1) is 10.1 Å². The van der Waals surface area contributed by atoms with Crippen molar-refractivity contribution in [3.63, 3.8) is 0 Å². The van der Waals surface area contributed by atoms with E-state index in [1.807, 2.05) is 0 Å². The lowest BCUT2D eigenvalue weighted by Crippen LogP contribution is -2.00. The fraction of sp³-hybridized carbons (Fsp3) is 0.143. The number of pyridine rings is 1. The highest BCUT2D eigenvalue weighted by Crippen LogP contribution is 2.30. The van der Waals surface area contributed by atoms with Crippen molar-refractivity contribution in [2.45, 2.75) is 6.43 Å². The van der Waals surface area contributed by atoms with Gasteiger partial charge >= 0.3 is 12.2 Å². The maximum atomic E-state index is 12.2. The SMILES string of the molecule is O=Cc1cc(C(F)F)nc([N+](=O)[O-])c1O. The summed E-state index contributed by atoms with van der Waals surface area (Å²) in [6.45, 7) is 0. The Labute approximate surface area is 81.3 Å². The van der Waals surface area contributed by atoms with Gasteiger partial charge in [-0.15, -0.1) is 0 Å². The predicted molar refractivity (Wildman–Crippen MR) is 42.9 cm³/mol. The van der Waals surface area contributed by atoms with Crippen molar-refractivity contribution in [1.82, 2.24) is 4.98 Å². The van der Waals surface area contributed by atoms with Crippen molar-refractivity contribution in [3.05, 3.63) is 27.4 Å². The van der Waals surface area contributed by atoms with Gasteiger partial charge in [-0.3, -0.25) is 4.79 Å². The van der Waals surface area contributed by atoms with Gasteiger partial charge in [-0.1, -0.05) is 0 Å². The Kier molecular flexibility index (Phi) is 2.88. The number of carbonyl (C=O) groups is 1. The zero-order valence-electron chi connectivity index (χ0n) is 7.05. The second-order valence-corrected chi connectivity index (χ2v) is 2.48. The number of carbonyl (C=O) groups excluding carboxylic acids is 1. The standard InChI is InChI=1S/C7H4F2N2O4/c8-6(9)4-1-3(2-12)5(13)7(10-4)11(14)15/h1-2,6,13H. The van der Waals surface area contributed by atoms with Crippen LogP contribution in [0.25, 0.3) is 0 Å². The first-order valence-corrected chi connectivity index (χ1v) is 3.59. The molecule has 80 valence electrons. The van der Waals surface area contributed by atoms with Crippen LogP contribution in [-0.2, 0) is 0 Å². The zero-order chi connectivity index (χ0) is 11.6. The Bertz CT molecular complexity index is 422. The fourth-order valence-corrected chi connectivity index (χ4v) is 0.893. The molecule has 1 heterocycles. The lowest BCUT2D eigenvalue weighted by Gasteiger charge is -2.00. The summed E-state index contributed by atoms with van der Waals surface area (Å²) in [4.78, 5) is 22.4. The Balaban J connectivity index is 3.45. The molecule has 0 amide bonds. The van der Waals surface area contributed by atoms with E-state index in [-0.39, 0.29) is 6.29 Å². The summed E-state index contributed by atoms with van der Waals surface area (Å²) in [5, 5.41) is 19.4. The summed E-state index contributed by atoms with van der Waals surface area (Å²) in [5.41, 5.74) is -1.52. The molecule has 8 heteroatoms. The quantitative estimate of drug-likeness (QED) is 0.470. The summed E-state index contributed by atoms with van der Waals surface area (Å²) in [6.07, 6.45) is -3.02. The third-order valence-corrected chi connectivity index (χ3v) is 1.55. The molecule has 1 N–H and O–H groups in total. The molecule has 0 spiro atoms. The number of aldehydes is 1. The van der Waals surface area contributed by atoms with Gasteiger partial charge in [-0.2, -0.15) is 0 Å². The van der Waals surface area contributed by atoms with Crippen LogP contribution in [0.3, 0.4) is 0 Å². The molecule has 0 saturated heterocycles. The van der Waals surface area contributed by atoms with E-state index < -0.39 is 34.2 Å². The van der Waals surface area contributed by atoms with E-state index in [0.717, 1.165) is 0 Å². The molecule has 0 aliphatic rings. The van der Waals surface area contributed by atoms with E-state index in [9.17, 15) is 23.7 Å². The molecule has 0 fully saturated rings. The highest BCUT2D eigenvalue weighted by Gasteiger charge is 2.26. The third kappa shape index (κ3) is 2.03. The first kappa shape index (κ1) is 11.0. The van der Waals surface area contributed by atoms with E-state index in [4.69, 9.17) is 5.11 Å². The van der Waals surface area contributed by atoms with Crippen LogP contribution in [0.4, 0.5) is 14.6 Å². The van der Waals surface area contributed by atoms with E-state index in [0.29, 0.717) is 6.07 Å². The van der Waals surface area contributed by atoms with Gasteiger partial charge in [0.25, 0.3) is 0 Å². The van der Waals surface area contributed by atoms with Crippen LogP contribution in [0.2, 0.25) is 0 Å². The molecule has 0 bridgehead atoms. The Morgan fingerprint density at radius 3 is 2.60 bits per heavy atom. The van der Waals surface area contributed by atoms with Crippen molar-refractivity contribution >= 4 is 12.1 Å². The smallest absolute Gasteiger partial charge is 0.407 e. The van der Waals surface area contributed by atoms with E-state index in [1.165, 1.54) is 0 Å². The summed E-state index contributed by atoms with van der Waals surface area (Å²) in [5.74, 6) is -2.17. The summed E-state index contributed by atoms with van der Waals surface area (Å²) < 4.78 is 24.4. The molecule has 0 radical (unpaired) electrons. The number of aromatic nitrogens is 1. The summed E-state index contributed by atoms with van der Waals surface area (Å²) in [6, 6.07) is 0.597. The molecule has 0 aliphatic heterocycles. The van der Waals surface area contributed by atoms with Gasteiger partial charge in [0.2, 0.25) is 11.4 Å². The number of rotatable bonds is 3. The lowest BCUT2D eigenvalue weighted by atomic mass is 10.2. The summed E-state index contributed by atoms with van der Waals surface area (Å²) in [7, 11) is 0. The van der Waals surface area contributed by atoms with Gasteiger partial charge in [0.15, 0.2) is 6.29 Å². The molecular formula is C7H4F2N2O4. The van der Waals surface area contributed by atoms with E-state index >= 15 is 0 Å². The number of halogens is 2. The Hall–Kier alpha value is -2.12. The maximum absolute atomic E-state index is 12.2. The van der Waals surface area contributed by atoms with Crippen molar-refractivity contribution in [2.75, 3.05) is 0 Å². The first-order valence-electron chi connectivity index (χ1n) is 3.59. The molecule has 0 saturated carbocycles. The fourth-order valence-electron chi connectivity index (χ4n) is 0.893. The molecular weight excluding hydrogens is 214 g/mol. The molecule has 15 heavy (non-hydrogen) atoms. The minimum Gasteiger partial charge on any atom is -0.500 e. The third-order valence-electron chi connectivity index (χ3n) is 1.55. The molecule has 1 aromatic rings. The lowest BCUT2D eigenvalue weighted by molar-refractivity contribution is -0.390. The largest absolute Gasteiger partial charge is 0.500 e. The number of alkyl halides is 2. The second kappa shape index (κ2) is 3.95. The van der Waals surface area contributed by atoms with Gasteiger partial charge in [0.1, 0.15) is 0 Å². The number of aromatic hydroxyl groups is 1. The van der Waals surface area contributed by atoms with E-state index in [1.54, 1.807) is 0 Å². The van der Waals surface area contributed by atoms with Crippen LogP contribution in [0.1, 0.15) is 22.5 Å². The van der Waals surface area contributed by atoms with Gasteiger partial charge < -0.3 is 15.2 Å². The topological polar surface area (TPSA) is 93.3 Å². The van der Waals surface area contributed by atoms with Crippen LogP contribution in [0.5, 0.6) is 5.75 Å². The van der Waals surface area contributed by atoms with Crippen molar-refractivity contribution in [2.24, 2.45) is 0 Å². The maximum Gasteiger partial charge on any atom is 0.407 e. The highest BCUT2D eigenvalue weighted by molar-refractivity contribution is 5.81. The predicted octanol–water partition coefficient (Wildman–Crippen LogP) is 1.45. The van der Waals surface area contributed by atoms with Gasteiger partial charge in [0.05, 0.1) is 5.56 Å². The van der Waals surface area contributed by atoms with Gasteiger partial charge in [0, 0.05) is 6.07 Å². The number of hydrogen-bond acceptors (Lipinski definition) is 5. The molecule has 1 rings (SSSR count). The molecule has 0 atom stereocenters. The monoisotopic (exact) mass is 218 g/mol. The molecule has 0 aliphatic carbocycles. The van der Waals surface area contributed by atoms with Crippen LogP contribution < -0.4 is 0 Å². The Morgan fingerprint density at radius 1 is 1.60 bits per heavy atom. The summed E-state index contributed by atoms with van der Waals surface area (Å²) >= 11 is 0. The van der Waals surface area contributed by atoms with Crippen LogP contribution in [-0.4, -0.2) is 21.3 Å². The van der Waals surface area contributed by atoms with Crippen molar-refractivity contribution < 1.29 is 23.6 Å². The van der Waals surface area contributed by atoms with Crippen LogP contribution in [0.15, 0.2) is 6.07 Å². The minimum absolute atomic E-state index is 0.0376. The molecule has 6 nitrogen and oxygen atoms in total. The first-order chi connectivity index (χ1) is 6.97. The second-order valence-electron chi connectivity index (χ2n) is 2.48. The van der Waals surface area contributed by atoms with Gasteiger partial charge in [-0.25, -0.2) is 8.78 Å². The molecule has 0 aromatic carbocycles. The number of nitrogens with zero attached hydrogens (tertiary/aromatic N) is 2.